The number of hydrogen-bond acceptors (Lipinski definition) is 6. The number of anilines is 1. The molecule has 2 aliphatic heterocycles. The standard InChI is InChI=1S/C17H20N4O2/c1-13-22-15-4-3-14(11-16(15)23-13)12-20-7-9-21(10-8-20)17-18-5-2-6-19-17/h2-6,11,13H,7-10,12H2,1H3. The molecular weight excluding hydrogens is 292 g/mol. The van der Waals surface area contributed by atoms with E-state index < -0.39 is 0 Å². The normalized spacial score (nSPS) is 20.7. The number of hydrogen-bond donors (Lipinski definition) is 0. The van der Waals surface area contributed by atoms with Gasteiger partial charge in [0.15, 0.2) is 11.5 Å². The van der Waals surface area contributed by atoms with Gasteiger partial charge in [-0.1, -0.05) is 6.07 Å². The molecule has 0 saturated carbocycles. The van der Waals surface area contributed by atoms with Crippen molar-refractivity contribution < 1.29 is 9.47 Å². The van der Waals surface area contributed by atoms with E-state index in [2.05, 4.69) is 31.9 Å². The van der Waals surface area contributed by atoms with Crippen molar-refractivity contribution in [3.8, 4) is 11.5 Å². The summed E-state index contributed by atoms with van der Waals surface area (Å²) in [6, 6.07) is 8.06. The number of nitrogens with zero attached hydrogens (tertiary/aromatic N) is 4. The topological polar surface area (TPSA) is 50.7 Å². The van der Waals surface area contributed by atoms with Gasteiger partial charge in [-0.25, -0.2) is 9.97 Å². The Bertz CT molecular complexity index is 672. The second kappa shape index (κ2) is 6.04. The van der Waals surface area contributed by atoms with Gasteiger partial charge in [0, 0.05) is 52.0 Å². The molecule has 0 bridgehead atoms. The number of benzene rings is 1. The molecule has 1 saturated heterocycles. The molecule has 2 aromatic rings. The summed E-state index contributed by atoms with van der Waals surface area (Å²) in [5.41, 5.74) is 1.26. The smallest absolute Gasteiger partial charge is 0.238 e. The molecule has 0 amide bonds. The first-order chi connectivity index (χ1) is 11.3. The fourth-order valence-corrected chi connectivity index (χ4v) is 3.04. The third-order valence-corrected chi connectivity index (χ3v) is 4.21. The van der Waals surface area contributed by atoms with E-state index in [-0.39, 0.29) is 6.29 Å². The largest absolute Gasteiger partial charge is 0.451 e. The highest BCUT2D eigenvalue weighted by Crippen LogP contribution is 2.35. The molecular formula is C17H20N4O2. The van der Waals surface area contributed by atoms with Gasteiger partial charge in [-0.3, -0.25) is 4.90 Å². The molecule has 4 rings (SSSR count). The van der Waals surface area contributed by atoms with Gasteiger partial charge in [0.1, 0.15) is 0 Å². The molecule has 1 aromatic heterocycles. The third kappa shape index (κ3) is 3.07. The van der Waals surface area contributed by atoms with E-state index in [1.165, 1.54) is 5.56 Å². The Balaban J connectivity index is 1.36. The summed E-state index contributed by atoms with van der Waals surface area (Å²) in [4.78, 5) is 13.3. The lowest BCUT2D eigenvalue weighted by atomic mass is 10.1. The number of rotatable bonds is 3. The van der Waals surface area contributed by atoms with E-state index in [1.807, 2.05) is 19.1 Å². The Morgan fingerprint density at radius 1 is 1.04 bits per heavy atom. The molecule has 1 aromatic carbocycles. The van der Waals surface area contributed by atoms with Crippen LogP contribution in [0.5, 0.6) is 11.5 Å². The zero-order valence-corrected chi connectivity index (χ0v) is 13.2. The van der Waals surface area contributed by atoms with Gasteiger partial charge in [-0.15, -0.1) is 0 Å². The fourth-order valence-electron chi connectivity index (χ4n) is 3.04. The summed E-state index contributed by atoms with van der Waals surface area (Å²) < 4.78 is 11.2. The van der Waals surface area contributed by atoms with Crippen LogP contribution < -0.4 is 14.4 Å². The summed E-state index contributed by atoms with van der Waals surface area (Å²) in [7, 11) is 0. The van der Waals surface area contributed by atoms with Gasteiger partial charge in [-0.2, -0.15) is 0 Å². The van der Waals surface area contributed by atoms with E-state index in [4.69, 9.17) is 9.47 Å². The van der Waals surface area contributed by atoms with Crippen LogP contribution in [0.3, 0.4) is 0 Å². The van der Waals surface area contributed by atoms with E-state index in [0.29, 0.717) is 0 Å². The maximum Gasteiger partial charge on any atom is 0.238 e. The predicted molar refractivity (Wildman–Crippen MR) is 86.7 cm³/mol. The summed E-state index contributed by atoms with van der Waals surface area (Å²) >= 11 is 0. The first-order valence-electron chi connectivity index (χ1n) is 7.98. The van der Waals surface area contributed by atoms with Crippen molar-refractivity contribution in [1.29, 1.82) is 0 Å². The molecule has 0 radical (unpaired) electrons. The number of aromatic nitrogens is 2. The van der Waals surface area contributed by atoms with Crippen LogP contribution in [-0.2, 0) is 6.54 Å². The maximum atomic E-state index is 5.65. The Morgan fingerprint density at radius 2 is 1.78 bits per heavy atom. The summed E-state index contributed by atoms with van der Waals surface area (Å²) in [5.74, 6) is 2.52. The van der Waals surface area contributed by atoms with Gasteiger partial charge >= 0.3 is 0 Å². The molecule has 1 fully saturated rings. The van der Waals surface area contributed by atoms with Gasteiger partial charge in [0.25, 0.3) is 0 Å². The average molecular weight is 312 g/mol. The summed E-state index contributed by atoms with van der Waals surface area (Å²) in [6.45, 7) is 6.74. The second-order valence-electron chi connectivity index (χ2n) is 5.90. The molecule has 120 valence electrons. The monoisotopic (exact) mass is 312 g/mol. The molecule has 6 nitrogen and oxygen atoms in total. The first-order valence-corrected chi connectivity index (χ1v) is 7.98. The van der Waals surface area contributed by atoms with Crippen molar-refractivity contribution in [2.45, 2.75) is 19.8 Å². The maximum absolute atomic E-state index is 5.65. The van der Waals surface area contributed by atoms with E-state index >= 15 is 0 Å². The van der Waals surface area contributed by atoms with E-state index in [9.17, 15) is 0 Å². The zero-order valence-electron chi connectivity index (χ0n) is 13.2. The van der Waals surface area contributed by atoms with Gasteiger partial charge in [-0.05, 0) is 23.8 Å². The Morgan fingerprint density at radius 3 is 2.57 bits per heavy atom. The van der Waals surface area contributed by atoms with Crippen LogP contribution in [0.1, 0.15) is 12.5 Å². The summed E-state index contributed by atoms with van der Waals surface area (Å²) in [5, 5.41) is 0. The average Bonchev–Trinajstić information content (AvgIpc) is 2.96. The highest BCUT2D eigenvalue weighted by Gasteiger charge is 2.22. The Kier molecular flexibility index (Phi) is 3.75. The predicted octanol–water partition coefficient (Wildman–Crippen LogP) is 1.92. The minimum atomic E-state index is -0.185. The molecule has 3 heterocycles. The van der Waals surface area contributed by atoms with Crippen LogP contribution in [0.2, 0.25) is 0 Å². The molecule has 0 aliphatic carbocycles. The van der Waals surface area contributed by atoms with Gasteiger partial charge in [0.05, 0.1) is 0 Å². The van der Waals surface area contributed by atoms with Crippen molar-refractivity contribution >= 4 is 5.95 Å². The van der Waals surface area contributed by atoms with Crippen molar-refractivity contribution in [3.05, 3.63) is 42.2 Å². The Labute approximate surface area is 135 Å². The van der Waals surface area contributed by atoms with Crippen molar-refractivity contribution in [1.82, 2.24) is 14.9 Å². The highest BCUT2D eigenvalue weighted by molar-refractivity contribution is 5.45. The lowest BCUT2D eigenvalue weighted by Gasteiger charge is -2.34. The number of ether oxygens (including phenoxy) is 2. The van der Waals surface area contributed by atoms with Crippen LogP contribution in [-0.4, -0.2) is 47.3 Å². The zero-order chi connectivity index (χ0) is 15.6. The second-order valence-corrected chi connectivity index (χ2v) is 5.90. The Hall–Kier alpha value is -2.34. The number of piperazine rings is 1. The lowest BCUT2D eigenvalue weighted by molar-refractivity contribution is 0.0678. The fraction of sp³-hybridized carbons (Fsp3) is 0.412. The van der Waals surface area contributed by atoms with Crippen LogP contribution >= 0.6 is 0 Å². The first kappa shape index (κ1) is 14.3. The molecule has 6 heteroatoms. The quantitative estimate of drug-likeness (QED) is 0.863. The van der Waals surface area contributed by atoms with E-state index in [1.54, 1.807) is 12.4 Å². The molecule has 23 heavy (non-hydrogen) atoms. The van der Waals surface area contributed by atoms with E-state index in [0.717, 1.165) is 50.2 Å². The minimum Gasteiger partial charge on any atom is -0.451 e. The molecule has 2 aliphatic rings. The van der Waals surface area contributed by atoms with Crippen LogP contribution in [0.25, 0.3) is 0 Å². The lowest BCUT2D eigenvalue weighted by Crippen LogP contribution is -2.46. The summed E-state index contributed by atoms with van der Waals surface area (Å²) in [6.07, 6.45) is 3.40. The minimum absolute atomic E-state index is 0.185. The third-order valence-electron chi connectivity index (χ3n) is 4.21. The van der Waals surface area contributed by atoms with Gasteiger partial charge < -0.3 is 14.4 Å². The van der Waals surface area contributed by atoms with Crippen LogP contribution in [0, 0.1) is 0 Å². The molecule has 0 spiro atoms. The molecule has 0 N–H and O–H groups in total. The van der Waals surface area contributed by atoms with Crippen molar-refractivity contribution in [3.63, 3.8) is 0 Å². The van der Waals surface area contributed by atoms with Crippen molar-refractivity contribution in [2.75, 3.05) is 31.1 Å². The van der Waals surface area contributed by atoms with Gasteiger partial charge in [0.2, 0.25) is 12.2 Å². The van der Waals surface area contributed by atoms with Crippen LogP contribution in [0.15, 0.2) is 36.7 Å². The molecule has 1 unspecified atom stereocenters. The number of fused-ring (bicyclic) bond motifs is 1. The van der Waals surface area contributed by atoms with Crippen LogP contribution in [0.4, 0.5) is 5.95 Å². The molecule has 1 atom stereocenters. The SMILES string of the molecule is CC1Oc2ccc(CN3CCN(c4ncccn4)CC3)cc2O1. The van der Waals surface area contributed by atoms with Crippen molar-refractivity contribution in [2.24, 2.45) is 0 Å². The highest BCUT2D eigenvalue weighted by atomic mass is 16.7.